The summed E-state index contributed by atoms with van der Waals surface area (Å²) in [7, 11) is 0. The highest BCUT2D eigenvalue weighted by Crippen LogP contribution is 2.22. The maximum absolute atomic E-state index is 13.3. The summed E-state index contributed by atoms with van der Waals surface area (Å²) >= 11 is 6.63. The van der Waals surface area contributed by atoms with Gasteiger partial charge in [-0.3, -0.25) is 9.59 Å². The van der Waals surface area contributed by atoms with Crippen molar-refractivity contribution in [2.45, 2.75) is 32.7 Å². The highest BCUT2D eigenvalue weighted by molar-refractivity contribution is 6.32. The van der Waals surface area contributed by atoms with Gasteiger partial charge in [0, 0.05) is 23.7 Å². The summed E-state index contributed by atoms with van der Waals surface area (Å²) in [6.45, 7) is 2.57. The van der Waals surface area contributed by atoms with Crippen molar-refractivity contribution in [1.29, 1.82) is 0 Å². The smallest absolute Gasteiger partial charge is 0.305 e. The largest absolute Gasteiger partial charge is 0.466 e. The Balaban J connectivity index is 1.93. The van der Waals surface area contributed by atoms with Crippen LogP contribution in [0.4, 0.5) is 0 Å². The van der Waals surface area contributed by atoms with Crippen LogP contribution in [-0.2, 0) is 22.5 Å². The van der Waals surface area contributed by atoms with Crippen LogP contribution in [0.2, 0.25) is 5.02 Å². The van der Waals surface area contributed by atoms with Gasteiger partial charge < -0.3 is 9.30 Å². The Morgan fingerprint density at radius 1 is 1.03 bits per heavy atom. The topological polar surface area (TPSA) is 48.3 Å². The van der Waals surface area contributed by atoms with Crippen LogP contribution in [0.1, 0.15) is 42.0 Å². The first-order valence-corrected chi connectivity index (χ1v) is 10.8. The van der Waals surface area contributed by atoms with E-state index in [0.717, 1.165) is 11.1 Å². The quantitative estimate of drug-likeness (QED) is 0.410. The monoisotopic (exact) mass is 435 g/mol. The zero-order valence-electron chi connectivity index (χ0n) is 17.6. The third kappa shape index (κ3) is 6.43. The number of carbonyl (C=O) groups excluding carboxylic acids is 1. The number of esters is 1. The van der Waals surface area contributed by atoms with Crippen LogP contribution in [-0.4, -0.2) is 17.1 Å². The molecule has 31 heavy (non-hydrogen) atoms. The third-order valence-corrected chi connectivity index (χ3v) is 5.22. The van der Waals surface area contributed by atoms with Gasteiger partial charge in [0.1, 0.15) is 0 Å². The zero-order valence-corrected chi connectivity index (χ0v) is 18.3. The zero-order chi connectivity index (χ0) is 22.1. The van der Waals surface area contributed by atoms with E-state index in [2.05, 4.69) is 0 Å². The number of halogens is 1. The molecule has 0 aliphatic carbocycles. The fourth-order valence-electron chi connectivity index (χ4n) is 3.40. The molecule has 1 heterocycles. The van der Waals surface area contributed by atoms with Crippen LogP contribution in [0.5, 0.6) is 0 Å². The third-order valence-electron chi connectivity index (χ3n) is 4.92. The molecule has 3 aromatic rings. The number of hydrogen-bond donors (Lipinski definition) is 0. The van der Waals surface area contributed by atoms with Crippen LogP contribution >= 0.6 is 11.6 Å². The molecule has 3 rings (SSSR count). The average molecular weight is 436 g/mol. The van der Waals surface area contributed by atoms with Gasteiger partial charge in [-0.05, 0) is 30.9 Å². The molecule has 1 aromatic heterocycles. The van der Waals surface area contributed by atoms with Crippen LogP contribution in [0, 0.1) is 0 Å². The Bertz CT molecular complexity index is 1090. The lowest BCUT2D eigenvalue weighted by atomic mass is 10.0. The van der Waals surface area contributed by atoms with Crippen molar-refractivity contribution in [2.24, 2.45) is 0 Å². The Hall–Kier alpha value is -3.11. The molecular formula is C26H26ClNO3. The van der Waals surface area contributed by atoms with Gasteiger partial charge in [0.25, 0.3) is 5.56 Å². The van der Waals surface area contributed by atoms with E-state index in [-0.39, 0.29) is 17.9 Å². The van der Waals surface area contributed by atoms with Crippen LogP contribution in [0.3, 0.4) is 0 Å². The highest BCUT2D eigenvalue weighted by Gasteiger charge is 2.14. The van der Waals surface area contributed by atoms with Gasteiger partial charge in [0.05, 0.1) is 18.2 Å². The summed E-state index contributed by atoms with van der Waals surface area (Å²) in [5.41, 5.74) is 3.25. The minimum Gasteiger partial charge on any atom is -0.466 e. The van der Waals surface area contributed by atoms with E-state index in [1.165, 1.54) is 0 Å². The van der Waals surface area contributed by atoms with Gasteiger partial charge >= 0.3 is 5.97 Å². The SMILES string of the molecule is CCOC(=O)CCCc1c(/C=C/c2ccccc2)c(Cl)cn(Cc2ccccc2)c1=O. The molecular weight excluding hydrogens is 410 g/mol. The number of carbonyl (C=O) groups is 1. The second kappa shape index (κ2) is 11.3. The van der Waals surface area contributed by atoms with E-state index >= 15 is 0 Å². The summed E-state index contributed by atoms with van der Waals surface area (Å²) in [5.74, 6) is -0.254. The predicted octanol–water partition coefficient (Wildman–Crippen LogP) is 5.61. The van der Waals surface area contributed by atoms with E-state index in [1.54, 1.807) is 17.7 Å². The molecule has 0 atom stereocenters. The average Bonchev–Trinajstić information content (AvgIpc) is 2.78. The molecule has 4 nitrogen and oxygen atoms in total. The Kier molecular flexibility index (Phi) is 8.25. The molecule has 0 saturated heterocycles. The molecule has 5 heteroatoms. The summed E-state index contributed by atoms with van der Waals surface area (Å²) in [5, 5.41) is 0.508. The predicted molar refractivity (Wildman–Crippen MR) is 126 cm³/mol. The van der Waals surface area contributed by atoms with Gasteiger partial charge in [0.15, 0.2) is 0 Å². The van der Waals surface area contributed by atoms with Crippen molar-refractivity contribution in [2.75, 3.05) is 6.61 Å². The number of pyridine rings is 1. The fraction of sp³-hybridized carbons (Fsp3) is 0.231. The second-order valence-electron chi connectivity index (χ2n) is 7.19. The van der Waals surface area contributed by atoms with Gasteiger partial charge in [-0.1, -0.05) is 84.4 Å². The molecule has 0 radical (unpaired) electrons. The summed E-state index contributed by atoms with van der Waals surface area (Å²) in [4.78, 5) is 25.1. The molecule has 0 bridgehead atoms. The highest BCUT2D eigenvalue weighted by atomic mass is 35.5. The molecule has 0 aliphatic heterocycles. The lowest BCUT2D eigenvalue weighted by molar-refractivity contribution is -0.143. The van der Waals surface area contributed by atoms with Crippen molar-refractivity contribution in [1.82, 2.24) is 4.57 Å². The molecule has 0 aliphatic rings. The van der Waals surface area contributed by atoms with Gasteiger partial charge in [-0.25, -0.2) is 0 Å². The van der Waals surface area contributed by atoms with Gasteiger partial charge in [-0.2, -0.15) is 0 Å². The molecule has 0 unspecified atom stereocenters. The minimum atomic E-state index is -0.254. The molecule has 0 fully saturated rings. The summed E-state index contributed by atoms with van der Waals surface area (Å²) in [6, 6.07) is 19.6. The summed E-state index contributed by atoms with van der Waals surface area (Å²) < 4.78 is 6.65. The molecule has 2 aromatic carbocycles. The molecule has 0 spiro atoms. The van der Waals surface area contributed by atoms with Crippen LogP contribution in [0.15, 0.2) is 71.7 Å². The first-order chi connectivity index (χ1) is 15.1. The number of rotatable bonds is 9. The van der Waals surface area contributed by atoms with Crippen molar-refractivity contribution in [3.05, 3.63) is 104 Å². The van der Waals surface area contributed by atoms with Crippen molar-refractivity contribution in [3.63, 3.8) is 0 Å². The standard InChI is InChI=1S/C26H26ClNO3/c1-2-31-25(29)15-9-14-23-22(17-16-20-10-5-3-6-11-20)24(27)19-28(26(23)30)18-21-12-7-4-8-13-21/h3-8,10-13,16-17,19H,2,9,14-15,18H2,1H3/b17-16+. The first-order valence-electron chi connectivity index (χ1n) is 10.4. The first kappa shape index (κ1) is 22.6. The van der Waals surface area contributed by atoms with Crippen LogP contribution < -0.4 is 5.56 Å². The van der Waals surface area contributed by atoms with Crippen molar-refractivity contribution >= 4 is 29.7 Å². The Morgan fingerprint density at radius 2 is 1.71 bits per heavy atom. The maximum Gasteiger partial charge on any atom is 0.305 e. The van der Waals surface area contributed by atoms with E-state index in [0.29, 0.717) is 42.1 Å². The number of aromatic nitrogens is 1. The van der Waals surface area contributed by atoms with Gasteiger partial charge in [-0.15, -0.1) is 0 Å². The Morgan fingerprint density at radius 3 is 2.39 bits per heavy atom. The maximum atomic E-state index is 13.3. The number of hydrogen-bond acceptors (Lipinski definition) is 3. The van der Waals surface area contributed by atoms with Crippen LogP contribution in [0.25, 0.3) is 12.2 Å². The van der Waals surface area contributed by atoms with E-state index in [4.69, 9.17) is 16.3 Å². The fourth-order valence-corrected chi connectivity index (χ4v) is 3.70. The lowest BCUT2D eigenvalue weighted by Gasteiger charge is -2.13. The molecule has 0 amide bonds. The lowest BCUT2D eigenvalue weighted by Crippen LogP contribution is -2.25. The van der Waals surface area contributed by atoms with E-state index < -0.39 is 0 Å². The number of benzene rings is 2. The normalized spacial score (nSPS) is 11.0. The van der Waals surface area contributed by atoms with Crippen molar-refractivity contribution < 1.29 is 9.53 Å². The van der Waals surface area contributed by atoms with E-state index in [1.807, 2.05) is 72.8 Å². The molecule has 160 valence electrons. The summed E-state index contributed by atoms with van der Waals surface area (Å²) in [6.07, 6.45) is 6.74. The van der Waals surface area contributed by atoms with Crippen molar-refractivity contribution in [3.8, 4) is 0 Å². The molecule has 0 saturated carbocycles. The van der Waals surface area contributed by atoms with Gasteiger partial charge in [0.2, 0.25) is 0 Å². The second-order valence-corrected chi connectivity index (χ2v) is 7.60. The minimum absolute atomic E-state index is 0.0928. The number of ether oxygens (including phenoxy) is 1. The molecule has 0 N–H and O–H groups in total. The number of nitrogens with zero attached hydrogens (tertiary/aromatic N) is 1. The van der Waals surface area contributed by atoms with E-state index in [9.17, 15) is 9.59 Å². The Labute approximate surface area is 187 Å².